The highest BCUT2D eigenvalue weighted by molar-refractivity contribution is 6.36. The molecule has 2 aliphatic heterocycles. The van der Waals surface area contributed by atoms with Gasteiger partial charge in [-0.05, 0) is 24.1 Å². The molecule has 2 heterocycles. The Labute approximate surface area is 211 Å². The van der Waals surface area contributed by atoms with E-state index in [4.69, 9.17) is 30.5 Å². The van der Waals surface area contributed by atoms with Gasteiger partial charge in [0.1, 0.15) is 22.1 Å². The summed E-state index contributed by atoms with van der Waals surface area (Å²) in [6.07, 6.45) is 0.169. The Morgan fingerprint density at radius 2 is 1.69 bits per heavy atom. The zero-order chi connectivity index (χ0) is 25.9. The van der Waals surface area contributed by atoms with Crippen molar-refractivity contribution in [1.82, 2.24) is 5.32 Å². The SMILES string of the molecule is COc1ccc(C2CC(=O)NC3=C2C(=O)C2(Oc4c(Cl)c(OC)cc(OC)c4C2=O)C(C)C3)cc1O. The van der Waals surface area contributed by atoms with E-state index in [9.17, 15) is 19.5 Å². The Hall–Kier alpha value is -3.72. The highest BCUT2D eigenvalue weighted by Gasteiger charge is 2.63. The lowest BCUT2D eigenvalue weighted by Crippen LogP contribution is -2.59. The number of ether oxygens (including phenoxy) is 4. The number of hydrogen-bond acceptors (Lipinski definition) is 8. The van der Waals surface area contributed by atoms with E-state index < -0.39 is 29.0 Å². The third kappa shape index (κ3) is 3.19. The second-order valence-electron chi connectivity index (χ2n) is 9.03. The summed E-state index contributed by atoms with van der Waals surface area (Å²) >= 11 is 6.50. The predicted octanol–water partition coefficient (Wildman–Crippen LogP) is 3.55. The average Bonchev–Trinajstić information content (AvgIpc) is 3.17. The van der Waals surface area contributed by atoms with E-state index >= 15 is 0 Å². The summed E-state index contributed by atoms with van der Waals surface area (Å²) in [6.45, 7) is 1.72. The van der Waals surface area contributed by atoms with Crippen molar-refractivity contribution < 1.29 is 38.4 Å². The van der Waals surface area contributed by atoms with Crippen molar-refractivity contribution in [2.75, 3.05) is 21.3 Å². The van der Waals surface area contributed by atoms with Gasteiger partial charge < -0.3 is 29.4 Å². The zero-order valence-corrected chi connectivity index (χ0v) is 20.8. The summed E-state index contributed by atoms with van der Waals surface area (Å²) in [4.78, 5) is 40.8. The number of ketones is 2. The molecule has 2 aromatic rings. The van der Waals surface area contributed by atoms with Crippen LogP contribution in [0.15, 0.2) is 35.5 Å². The Morgan fingerprint density at radius 3 is 2.33 bits per heavy atom. The van der Waals surface area contributed by atoms with E-state index in [2.05, 4.69) is 5.32 Å². The van der Waals surface area contributed by atoms with Crippen molar-refractivity contribution >= 4 is 29.1 Å². The topological polar surface area (TPSA) is 120 Å². The molecular weight excluding hydrogens is 490 g/mol. The highest BCUT2D eigenvalue weighted by atomic mass is 35.5. The van der Waals surface area contributed by atoms with Gasteiger partial charge in [0.05, 0.1) is 21.3 Å². The van der Waals surface area contributed by atoms with Crippen molar-refractivity contribution in [2.24, 2.45) is 5.92 Å². The summed E-state index contributed by atoms with van der Waals surface area (Å²) in [6, 6.07) is 6.18. The third-order valence-electron chi connectivity index (χ3n) is 7.16. The van der Waals surface area contributed by atoms with Crippen LogP contribution in [0.3, 0.4) is 0 Å². The molecule has 0 aromatic heterocycles. The smallest absolute Gasteiger partial charge is 0.236 e. The van der Waals surface area contributed by atoms with Crippen LogP contribution >= 0.6 is 11.6 Å². The van der Waals surface area contributed by atoms with E-state index in [0.717, 1.165) is 0 Å². The molecule has 9 nitrogen and oxygen atoms in total. The van der Waals surface area contributed by atoms with Crippen LogP contribution in [0.4, 0.5) is 0 Å². The van der Waals surface area contributed by atoms with Crippen LogP contribution in [0, 0.1) is 5.92 Å². The number of nitrogens with one attached hydrogen (secondary N) is 1. The summed E-state index contributed by atoms with van der Waals surface area (Å²) < 4.78 is 22.0. The van der Waals surface area contributed by atoms with Gasteiger partial charge in [0, 0.05) is 35.6 Å². The number of allylic oxidation sites excluding steroid dienone is 1. The number of carbonyl (C=O) groups excluding carboxylic acids is 3. The van der Waals surface area contributed by atoms with Gasteiger partial charge in [-0.15, -0.1) is 0 Å². The minimum Gasteiger partial charge on any atom is -0.504 e. The van der Waals surface area contributed by atoms with Gasteiger partial charge in [-0.3, -0.25) is 14.4 Å². The number of carbonyl (C=O) groups is 3. The average molecular weight is 514 g/mol. The second-order valence-corrected chi connectivity index (χ2v) is 9.41. The molecular formula is C26H24ClNO8. The second kappa shape index (κ2) is 8.44. The molecule has 188 valence electrons. The van der Waals surface area contributed by atoms with Gasteiger partial charge in [0.2, 0.25) is 23.1 Å². The lowest BCUT2D eigenvalue weighted by atomic mass is 9.66. The van der Waals surface area contributed by atoms with Gasteiger partial charge >= 0.3 is 0 Å². The molecule has 5 rings (SSSR count). The number of fused-ring (bicyclic) bond motifs is 1. The van der Waals surface area contributed by atoms with Crippen molar-refractivity contribution in [3.05, 3.63) is 51.7 Å². The van der Waals surface area contributed by atoms with Crippen molar-refractivity contribution in [3.63, 3.8) is 0 Å². The molecule has 1 amide bonds. The number of rotatable bonds is 4. The summed E-state index contributed by atoms with van der Waals surface area (Å²) in [7, 11) is 4.25. The molecule has 10 heteroatoms. The quantitative estimate of drug-likeness (QED) is 0.595. The van der Waals surface area contributed by atoms with Gasteiger partial charge in [-0.25, -0.2) is 0 Å². The molecule has 1 spiro atoms. The largest absolute Gasteiger partial charge is 0.504 e. The molecule has 0 radical (unpaired) electrons. The number of methoxy groups -OCH3 is 3. The van der Waals surface area contributed by atoms with E-state index in [-0.39, 0.29) is 63.7 Å². The molecule has 0 bridgehead atoms. The minimum atomic E-state index is -1.89. The number of amides is 1. The maximum Gasteiger partial charge on any atom is 0.236 e. The number of Topliss-reactive ketones (excluding diaryl/α,β-unsaturated/α-hetero) is 2. The number of benzene rings is 2. The standard InChI is InChI=1S/C26H24ClNO8/c1-11-7-14-20(13(9-19(30)28-14)12-5-6-16(33-2)15(29)8-12)24(31)26(11)25(32)21-17(34-3)10-18(35-4)22(27)23(21)36-26/h5-6,8,10-11,13,29H,7,9H2,1-4H3,(H,28,30). The van der Waals surface area contributed by atoms with Crippen LogP contribution < -0.4 is 24.3 Å². The van der Waals surface area contributed by atoms with E-state index in [1.54, 1.807) is 19.1 Å². The fraction of sp³-hybridized carbons (Fsp3) is 0.346. The maximum absolute atomic E-state index is 14.3. The van der Waals surface area contributed by atoms with E-state index in [0.29, 0.717) is 11.3 Å². The van der Waals surface area contributed by atoms with Gasteiger partial charge in [0.15, 0.2) is 17.2 Å². The van der Waals surface area contributed by atoms with Crippen molar-refractivity contribution in [1.29, 1.82) is 0 Å². The first kappa shape index (κ1) is 24.0. The fourth-order valence-electron chi connectivity index (χ4n) is 5.40. The molecule has 2 aromatic carbocycles. The summed E-state index contributed by atoms with van der Waals surface area (Å²) in [5.41, 5.74) is -0.572. The zero-order valence-electron chi connectivity index (χ0n) is 20.1. The molecule has 2 N–H and O–H groups in total. The molecule has 3 atom stereocenters. The first-order chi connectivity index (χ1) is 17.2. The first-order valence-electron chi connectivity index (χ1n) is 11.3. The monoisotopic (exact) mass is 513 g/mol. The van der Waals surface area contributed by atoms with E-state index in [1.165, 1.54) is 33.5 Å². The van der Waals surface area contributed by atoms with Crippen LogP contribution in [0.1, 0.15) is 41.6 Å². The molecule has 1 aliphatic carbocycles. The molecule has 36 heavy (non-hydrogen) atoms. The summed E-state index contributed by atoms with van der Waals surface area (Å²) in [5, 5.41) is 13.2. The van der Waals surface area contributed by atoms with Gasteiger partial charge in [0.25, 0.3) is 0 Å². The highest BCUT2D eigenvalue weighted by Crippen LogP contribution is 2.55. The lowest BCUT2D eigenvalue weighted by Gasteiger charge is -2.41. The lowest BCUT2D eigenvalue weighted by molar-refractivity contribution is -0.131. The minimum absolute atomic E-state index is 0.0283. The summed E-state index contributed by atoms with van der Waals surface area (Å²) in [5.74, 6) is -2.13. The van der Waals surface area contributed by atoms with Crippen LogP contribution in [0.2, 0.25) is 5.02 Å². The van der Waals surface area contributed by atoms with Crippen LogP contribution in [-0.2, 0) is 9.59 Å². The Balaban J connectivity index is 1.66. The predicted molar refractivity (Wildman–Crippen MR) is 128 cm³/mol. The van der Waals surface area contributed by atoms with Crippen molar-refractivity contribution in [3.8, 4) is 28.7 Å². The van der Waals surface area contributed by atoms with Crippen LogP contribution in [-0.4, -0.2) is 49.5 Å². The molecule has 0 saturated heterocycles. The normalized spacial score (nSPS) is 24.8. The van der Waals surface area contributed by atoms with Crippen LogP contribution in [0.25, 0.3) is 0 Å². The number of phenolic OH excluding ortho intramolecular Hbond substituents is 1. The van der Waals surface area contributed by atoms with Gasteiger partial charge in [-0.2, -0.15) is 0 Å². The van der Waals surface area contributed by atoms with Crippen LogP contribution in [0.5, 0.6) is 28.7 Å². The first-order valence-corrected chi connectivity index (χ1v) is 11.7. The molecule has 0 fully saturated rings. The number of phenols is 1. The van der Waals surface area contributed by atoms with Crippen molar-refractivity contribution in [2.45, 2.75) is 31.3 Å². The maximum atomic E-state index is 14.3. The number of hydrogen-bond donors (Lipinski definition) is 2. The molecule has 0 saturated carbocycles. The van der Waals surface area contributed by atoms with Gasteiger partial charge in [-0.1, -0.05) is 24.6 Å². The Morgan fingerprint density at radius 1 is 1.00 bits per heavy atom. The molecule has 3 aliphatic rings. The number of aromatic hydroxyl groups is 1. The third-order valence-corrected chi connectivity index (χ3v) is 7.52. The molecule has 3 unspecified atom stereocenters. The fourth-order valence-corrected chi connectivity index (χ4v) is 5.66. The van der Waals surface area contributed by atoms with E-state index in [1.807, 2.05) is 0 Å². The number of halogens is 1. The Kier molecular flexibility index (Phi) is 5.63. The Bertz CT molecular complexity index is 1370.